The monoisotopic (exact) mass is 172 g/mol. The normalized spacial score (nSPS) is 14.5. The first-order valence-electron chi connectivity index (χ1n) is 4.68. The summed E-state index contributed by atoms with van der Waals surface area (Å²) in [5.41, 5.74) is 2.82. The Balaban J connectivity index is 2.49. The van der Waals surface area contributed by atoms with Crippen molar-refractivity contribution in [2.75, 3.05) is 11.9 Å². The van der Waals surface area contributed by atoms with Crippen LogP contribution in [0.2, 0.25) is 0 Å². The van der Waals surface area contributed by atoms with Crippen LogP contribution in [-0.2, 0) is 13.5 Å². The zero-order valence-electron chi connectivity index (χ0n) is 7.67. The third kappa shape index (κ3) is 0.777. The van der Waals surface area contributed by atoms with Crippen LogP contribution in [0.5, 0.6) is 0 Å². The molecule has 0 saturated carbocycles. The lowest BCUT2D eigenvalue weighted by atomic mass is 10.1. The van der Waals surface area contributed by atoms with E-state index in [9.17, 15) is 0 Å². The molecule has 0 atom stereocenters. The van der Waals surface area contributed by atoms with E-state index in [4.69, 9.17) is 0 Å². The first kappa shape index (κ1) is 7.01. The van der Waals surface area contributed by atoms with E-state index in [-0.39, 0.29) is 0 Å². The van der Waals surface area contributed by atoms with Gasteiger partial charge < -0.3 is 9.88 Å². The summed E-state index contributed by atoms with van der Waals surface area (Å²) >= 11 is 0. The maximum atomic E-state index is 3.42. The molecular weight excluding hydrogens is 160 g/mol. The number of hydrogen-bond acceptors (Lipinski definition) is 1. The van der Waals surface area contributed by atoms with Gasteiger partial charge >= 0.3 is 0 Å². The Morgan fingerprint density at radius 2 is 2.15 bits per heavy atom. The third-order valence-corrected chi connectivity index (χ3v) is 2.88. The van der Waals surface area contributed by atoms with Crippen molar-refractivity contribution in [2.45, 2.75) is 6.42 Å². The quantitative estimate of drug-likeness (QED) is 0.644. The fourth-order valence-corrected chi connectivity index (χ4v) is 2.26. The number of anilines is 1. The molecule has 0 radical (unpaired) electrons. The highest BCUT2D eigenvalue weighted by molar-refractivity contribution is 5.90. The molecule has 2 heteroatoms. The second kappa shape index (κ2) is 2.28. The van der Waals surface area contributed by atoms with Gasteiger partial charge in [0, 0.05) is 30.1 Å². The molecule has 1 aromatic carbocycles. The molecule has 1 aliphatic heterocycles. The van der Waals surface area contributed by atoms with E-state index in [1.807, 2.05) is 0 Å². The molecule has 1 aromatic heterocycles. The summed E-state index contributed by atoms with van der Waals surface area (Å²) < 4.78 is 2.25. The van der Waals surface area contributed by atoms with Crippen LogP contribution in [0.15, 0.2) is 24.3 Å². The summed E-state index contributed by atoms with van der Waals surface area (Å²) in [6.07, 6.45) is 1.16. The van der Waals surface area contributed by atoms with E-state index in [2.05, 4.69) is 41.2 Å². The number of nitrogens with one attached hydrogen (secondary N) is 1. The van der Waals surface area contributed by atoms with Gasteiger partial charge in [-0.05, 0) is 12.5 Å². The summed E-state index contributed by atoms with van der Waals surface area (Å²) in [7, 11) is 2.12. The molecule has 0 bridgehead atoms. The molecule has 0 saturated heterocycles. The van der Waals surface area contributed by atoms with E-state index >= 15 is 0 Å². The first-order valence-corrected chi connectivity index (χ1v) is 4.68. The molecule has 13 heavy (non-hydrogen) atoms. The second-order valence-corrected chi connectivity index (χ2v) is 3.58. The average molecular weight is 172 g/mol. The molecule has 0 spiro atoms. The minimum atomic E-state index is 1.09. The molecule has 0 amide bonds. The number of nitrogens with zero attached hydrogens (tertiary/aromatic N) is 1. The third-order valence-electron chi connectivity index (χ3n) is 2.88. The van der Waals surface area contributed by atoms with E-state index in [0.29, 0.717) is 0 Å². The lowest BCUT2D eigenvalue weighted by Gasteiger charge is -2.01. The molecule has 2 heterocycles. The van der Waals surface area contributed by atoms with E-state index in [0.717, 1.165) is 13.0 Å². The number of fused-ring (bicyclic) bond motifs is 3. The van der Waals surface area contributed by atoms with Crippen LogP contribution in [0.1, 0.15) is 5.56 Å². The molecule has 0 unspecified atom stereocenters. The van der Waals surface area contributed by atoms with Crippen molar-refractivity contribution in [3.8, 4) is 0 Å². The fraction of sp³-hybridized carbons (Fsp3) is 0.273. The van der Waals surface area contributed by atoms with Crippen molar-refractivity contribution in [2.24, 2.45) is 7.05 Å². The molecule has 1 aliphatic rings. The molecule has 3 rings (SSSR count). The highest BCUT2D eigenvalue weighted by Gasteiger charge is 2.18. The lowest BCUT2D eigenvalue weighted by molar-refractivity contribution is 0.971. The van der Waals surface area contributed by atoms with Gasteiger partial charge in [0.05, 0.1) is 0 Å². The van der Waals surface area contributed by atoms with Crippen LogP contribution in [0.3, 0.4) is 0 Å². The first-order chi connectivity index (χ1) is 6.38. The fourth-order valence-electron chi connectivity index (χ4n) is 2.26. The Labute approximate surface area is 77.2 Å². The predicted molar refractivity (Wildman–Crippen MR) is 55.1 cm³/mol. The van der Waals surface area contributed by atoms with Gasteiger partial charge in [0.2, 0.25) is 0 Å². The van der Waals surface area contributed by atoms with Gasteiger partial charge in [-0.15, -0.1) is 0 Å². The zero-order valence-corrected chi connectivity index (χ0v) is 7.67. The van der Waals surface area contributed by atoms with E-state index < -0.39 is 0 Å². The maximum absolute atomic E-state index is 3.42. The van der Waals surface area contributed by atoms with Gasteiger partial charge in [-0.1, -0.05) is 18.2 Å². The van der Waals surface area contributed by atoms with Crippen LogP contribution in [0.25, 0.3) is 10.9 Å². The number of hydrogen-bond donors (Lipinski definition) is 1. The van der Waals surface area contributed by atoms with Crippen molar-refractivity contribution >= 4 is 16.7 Å². The molecule has 2 aromatic rings. The summed E-state index contributed by atoms with van der Waals surface area (Å²) in [5.74, 6) is 1.31. The zero-order chi connectivity index (χ0) is 8.84. The number of aryl methyl sites for hydroxylation is 1. The Hall–Kier alpha value is -1.44. The van der Waals surface area contributed by atoms with E-state index in [1.54, 1.807) is 0 Å². The summed E-state index contributed by atoms with van der Waals surface area (Å²) in [5, 5.41) is 4.83. The van der Waals surface area contributed by atoms with Gasteiger partial charge in [0.15, 0.2) is 0 Å². The Kier molecular flexibility index (Phi) is 1.23. The van der Waals surface area contributed by atoms with Crippen molar-refractivity contribution in [3.05, 3.63) is 29.8 Å². The lowest BCUT2D eigenvalue weighted by Crippen LogP contribution is -1.99. The molecule has 0 aliphatic carbocycles. The van der Waals surface area contributed by atoms with Crippen molar-refractivity contribution in [1.82, 2.24) is 4.57 Å². The number of benzene rings is 1. The standard InChI is InChI=1S/C11H12N2/c1-13-10-5-3-2-4-8(10)9-6-7-12-11(9)13/h2-5,12H,6-7H2,1H3. The van der Waals surface area contributed by atoms with Gasteiger partial charge in [-0.3, -0.25) is 0 Å². The minimum Gasteiger partial charge on any atom is -0.371 e. The summed E-state index contributed by atoms with van der Waals surface area (Å²) in [6, 6.07) is 8.59. The van der Waals surface area contributed by atoms with Crippen LogP contribution < -0.4 is 5.32 Å². The van der Waals surface area contributed by atoms with Gasteiger partial charge in [0.1, 0.15) is 5.82 Å². The van der Waals surface area contributed by atoms with Crippen molar-refractivity contribution in [3.63, 3.8) is 0 Å². The predicted octanol–water partition coefficient (Wildman–Crippen LogP) is 2.15. The Morgan fingerprint density at radius 3 is 3.08 bits per heavy atom. The topological polar surface area (TPSA) is 17.0 Å². The van der Waals surface area contributed by atoms with Crippen LogP contribution in [0, 0.1) is 0 Å². The van der Waals surface area contributed by atoms with Gasteiger partial charge in [-0.2, -0.15) is 0 Å². The minimum absolute atomic E-state index is 1.09. The van der Waals surface area contributed by atoms with Gasteiger partial charge in [-0.25, -0.2) is 0 Å². The maximum Gasteiger partial charge on any atom is 0.110 e. The van der Waals surface area contributed by atoms with E-state index in [1.165, 1.54) is 22.3 Å². The van der Waals surface area contributed by atoms with Crippen LogP contribution in [-0.4, -0.2) is 11.1 Å². The number of para-hydroxylation sites is 1. The van der Waals surface area contributed by atoms with Gasteiger partial charge in [0.25, 0.3) is 0 Å². The number of rotatable bonds is 0. The average Bonchev–Trinajstić information content (AvgIpc) is 2.72. The molecule has 1 N–H and O–H groups in total. The van der Waals surface area contributed by atoms with Crippen molar-refractivity contribution < 1.29 is 0 Å². The molecular formula is C11H12N2. The molecule has 2 nitrogen and oxygen atoms in total. The van der Waals surface area contributed by atoms with Crippen LogP contribution >= 0.6 is 0 Å². The van der Waals surface area contributed by atoms with Crippen molar-refractivity contribution in [1.29, 1.82) is 0 Å². The second-order valence-electron chi connectivity index (χ2n) is 3.58. The molecule has 66 valence electrons. The molecule has 0 fully saturated rings. The summed E-state index contributed by atoms with van der Waals surface area (Å²) in [4.78, 5) is 0. The SMILES string of the molecule is Cn1c2c(c3ccccc31)CCN2. The van der Waals surface area contributed by atoms with Crippen LogP contribution in [0.4, 0.5) is 5.82 Å². The Morgan fingerprint density at radius 1 is 1.31 bits per heavy atom. The highest BCUT2D eigenvalue weighted by Crippen LogP contribution is 2.32. The Bertz CT molecular complexity index is 468. The summed E-state index contributed by atoms with van der Waals surface area (Å²) in [6.45, 7) is 1.09. The number of aromatic nitrogens is 1. The smallest absolute Gasteiger partial charge is 0.110 e. The largest absolute Gasteiger partial charge is 0.371 e. The highest BCUT2D eigenvalue weighted by atomic mass is 15.1.